The number of anilines is 1. The predicted molar refractivity (Wildman–Crippen MR) is 87.0 cm³/mol. The number of nitrogens with zero attached hydrogens (tertiary/aromatic N) is 3. The molecule has 5 nitrogen and oxygen atoms in total. The summed E-state index contributed by atoms with van der Waals surface area (Å²) in [6.07, 6.45) is 1.71. The molecule has 3 rings (SSSR count). The zero-order chi connectivity index (χ0) is 15.7. The fourth-order valence-corrected chi connectivity index (χ4v) is 2.43. The van der Waals surface area contributed by atoms with E-state index in [0.717, 1.165) is 22.4 Å². The zero-order valence-corrected chi connectivity index (χ0v) is 12.9. The van der Waals surface area contributed by atoms with Crippen LogP contribution in [0.1, 0.15) is 35.9 Å². The highest BCUT2D eigenvalue weighted by atomic mass is 16.1. The fourth-order valence-electron chi connectivity index (χ4n) is 2.43. The van der Waals surface area contributed by atoms with Gasteiger partial charge in [-0.1, -0.05) is 18.2 Å². The Balaban J connectivity index is 2.05. The number of pyridine rings is 1. The molecule has 0 unspecified atom stereocenters. The number of benzene rings is 1. The van der Waals surface area contributed by atoms with Crippen molar-refractivity contribution in [2.24, 2.45) is 0 Å². The number of nitrogens with one attached hydrogen (secondary N) is 1. The first-order valence-corrected chi connectivity index (χ1v) is 7.27. The second kappa shape index (κ2) is 5.60. The van der Waals surface area contributed by atoms with Crippen LogP contribution in [0.25, 0.3) is 11.0 Å². The molecule has 0 radical (unpaired) electrons. The Bertz CT molecular complexity index is 821. The molecule has 3 aromatic rings. The molecule has 0 saturated heterocycles. The average molecular weight is 294 g/mol. The minimum absolute atomic E-state index is 0.148. The standard InChI is InChI=1S/C17H18N4O/c1-11(2)21-16-15(10-18-21)14(9-12(3)19-16)17(22)20-13-7-5-4-6-8-13/h4-11H,1-3H3,(H,20,22). The van der Waals surface area contributed by atoms with Crippen LogP contribution in [-0.4, -0.2) is 20.7 Å². The van der Waals surface area contributed by atoms with E-state index in [1.165, 1.54) is 0 Å². The van der Waals surface area contributed by atoms with Crippen LogP contribution in [0.3, 0.4) is 0 Å². The first-order chi connectivity index (χ1) is 10.6. The minimum atomic E-state index is -0.148. The Kier molecular flexibility index (Phi) is 3.63. The first-order valence-electron chi connectivity index (χ1n) is 7.27. The molecule has 0 fully saturated rings. The lowest BCUT2D eigenvalue weighted by atomic mass is 10.1. The Labute approximate surface area is 129 Å². The molecule has 0 aliphatic carbocycles. The van der Waals surface area contributed by atoms with Gasteiger partial charge in [-0.25, -0.2) is 9.67 Å². The van der Waals surface area contributed by atoms with Gasteiger partial charge in [0, 0.05) is 17.4 Å². The highest BCUT2D eigenvalue weighted by molar-refractivity contribution is 6.12. The number of para-hydroxylation sites is 1. The number of carbonyl (C=O) groups excluding carboxylic acids is 1. The largest absolute Gasteiger partial charge is 0.322 e. The molecule has 2 heterocycles. The van der Waals surface area contributed by atoms with Gasteiger partial charge in [-0.3, -0.25) is 4.79 Å². The Morgan fingerprint density at radius 2 is 1.95 bits per heavy atom. The summed E-state index contributed by atoms with van der Waals surface area (Å²) in [5.74, 6) is -0.148. The van der Waals surface area contributed by atoms with Gasteiger partial charge in [-0.15, -0.1) is 0 Å². The monoisotopic (exact) mass is 294 g/mol. The topological polar surface area (TPSA) is 59.8 Å². The van der Waals surface area contributed by atoms with Crippen molar-refractivity contribution < 1.29 is 4.79 Å². The van der Waals surface area contributed by atoms with E-state index in [4.69, 9.17) is 0 Å². The van der Waals surface area contributed by atoms with Gasteiger partial charge in [-0.2, -0.15) is 5.10 Å². The summed E-state index contributed by atoms with van der Waals surface area (Å²) in [7, 11) is 0. The maximum Gasteiger partial charge on any atom is 0.256 e. The molecule has 112 valence electrons. The SMILES string of the molecule is Cc1cc(C(=O)Nc2ccccc2)c2cnn(C(C)C)c2n1. The minimum Gasteiger partial charge on any atom is -0.322 e. The smallest absolute Gasteiger partial charge is 0.256 e. The van der Waals surface area contributed by atoms with Crippen LogP contribution in [0.5, 0.6) is 0 Å². The predicted octanol–water partition coefficient (Wildman–Crippen LogP) is 3.57. The van der Waals surface area contributed by atoms with Crippen molar-refractivity contribution >= 4 is 22.6 Å². The third-order valence-corrected chi connectivity index (χ3v) is 3.46. The molecule has 0 aliphatic rings. The molecule has 1 amide bonds. The summed E-state index contributed by atoms with van der Waals surface area (Å²) >= 11 is 0. The second-order valence-corrected chi connectivity index (χ2v) is 5.55. The number of carbonyl (C=O) groups is 1. The van der Waals surface area contributed by atoms with Crippen molar-refractivity contribution in [2.75, 3.05) is 5.32 Å². The number of hydrogen-bond donors (Lipinski definition) is 1. The van der Waals surface area contributed by atoms with Crippen LogP contribution < -0.4 is 5.32 Å². The maximum absolute atomic E-state index is 12.6. The van der Waals surface area contributed by atoms with Crippen molar-refractivity contribution in [3.05, 3.63) is 53.9 Å². The van der Waals surface area contributed by atoms with Gasteiger partial charge in [-0.05, 0) is 39.0 Å². The lowest BCUT2D eigenvalue weighted by molar-refractivity contribution is 0.102. The zero-order valence-electron chi connectivity index (χ0n) is 12.9. The van der Waals surface area contributed by atoms with E-state index in [1.54, 1.807) is 12.3 Å². The van der Waals surface area contributed by atoms with Crippen molar-refractivity contribution in [1.29, 1.82) is 0 Å². The number of fused-ring (bicyclic) bond motifs is 1. The summed E-state index contributed by atoms with van der Waals surface area (Å²) in [5.41, 5.74) is 2.91. The third-order valence-electron chi connectivity index (χ3n) is 3.46. The lowest BCUT2D eigenvalue weighted by Crippen LogP contribution is -2.13. The summed E-state index contributed by atoms with van der Waals surface area (Å²) in [4.78, 5) is 17.1. The molecule has 0 spiro atoms. The van der Waals surface area contributed by atoms with E-state index < -0.39 is 0 Å². The van der Waals surface area contributed by atoms with E-state index in [0.29, 0.717) is 5.56 Å². The fraction of sp³-hybridized carbons (Fsp3) is 0.235. The van der Waals surface area contributed by atoms with Crippen molar-refractivity contribution in [3.8, 4) is 0 Å². The van der Waals surface area contributed by atoms with E-state index in [-0.39, 0.29) is 11.9 Å². The molecule has 0 bridgehead atoms. The quantitative estimate of drug-likeness (QED) is 0.803. The second-order valence-electron chi connectivity index (χ2n) is 5.55. The normalized spacial score (nSPS) is 11.1. The van der Waals surface area contributed by atoms with Crippen LogP contribution in [-0.2, 0) is 0 Å². The average Bonchev–Trinajstić information content (AvgIpc) is 2.91. The van der Waals surface area contributed by atoms with Gasteiger partial charge in [0.15, 0.2) is 5.65 Å². The van der Waals surface area contributed by atoms with E-state index in [1.807, 2.05) is 55.8 Å². The van der Waals surface area contributed by atoms with Crippen molar-refractivity contribution in [2.45, 2.75) is 26.8 Å². The molecule has 22 heavy (non-hydrogen) atoms. The summed E-state index contributed by atoms with van der Waals surface area (Å²) < 4.78 is 1.83. The molecule has 2 aromatic heterocycles. The number of aryl methyl sites for hydroxylation is 1. The molecule has 0 atom stereocenters. The van der Waals surface area contributed by atoms with Crippen LogP contribution >= 0.6 is 0 Å². The molecule has 1 N–H and O–H groups in total. The number of amides is 1. The highest BCUT2D eigenvalue weighted by Crippen LogP contribution is 2.22. The number of hydrogen-bond acceptors (Lipinski definition) is 3. The van der Waals surface area contributed by atoms with E-state index in [9.17, 15) is 4.79 Å². The lowest BCUT2D eigenvalue weighted by Gasteiger charge is -2.09. The molecule has 1 aromatic carbocycles. The highest BCUT2D eigenvalue weighted by Gasteiger charge is 2.16. The van der Waals surface area contributed by atoms with E-state index >= 15 is 0 Å². The van der Waals surface area contributed by atoms with Crippen LogP contribution in [0.2, 0.25) is 0 Å². The maximum atomic E-state index is 12.6. The third kappa shape index (κ3) is 2.57. The van der Waals surface area contributed by atoms with Gasteiger partial charge in [0.2, 0.25) is 0 Å². The van der Waals surface area contributed by atoms with Crippen LogP contribution in [0.15, 0.2) is 42.6 Å². The Morgan fingerprint density at radius 1 is 1.23 bits per heavy atom. The number of aromatic nitrogens is 3. The molecule has 0 aliphatic heterocycles. The van der Waals surface area contributed by atoms with Crippen LogP contribution in [0.4, 0.5) is 5.69 Å². The number of rotatable bonds is 3. The van der Waals surface area contributed by atoms with Gasteiger partial charge < -0.3 is 5.32 Å². The summed E-state index contributed by atoms with van der Waals surface area (Å²) in [6.45, 7) is 5.97. The molecular weight excluding hydrogens is 276 g/mol. The summed E-state index contributed by atoms with van der Waals surface area (Å²) in [6, 6.07) is 11.4. The van der Waals surface area contributed by atoms with Gasteiger partial charge in [0.05, 0.1) is 17.1 Å². The van der Waals surface area contributed by atoms with Gasteiger partial charge in [0.25, 0.3) is 5.91 Å². The van der Waals surface area contributed by atoms with Gasteiger partial charge >= 0.3 is 0 Å². The molecular formula is C17H18N4O. The van der Waals surface area contributed by atoms with Crippen LogP contribution in [0, 0.1) is 6.92 Å². The van der Waals surface area contributed by atoms with Gasteiger partial charge in [0.1, 0.15) is 0 Å². The Morgan fingerprint density at radius 3 is 2.64 bits per heavy atom. The molecule has 5 heteroatoms. The summed E-state index contributed by atoms with van der Waals surface area (Å²) in [5, 5.41) is 8.04. The van der Waals surface area contributed by atoms with Crippen molar-refractivity contribution in [1.82, 2.24) is 14.8 Å². The Hall–Kier alpha value is -2.69. The van der Waals surface area contributed by atoms with E-state index in [2.05, 4.69) is 15.4 Å². The molecule has 0 saturated carbocycles. The van der Waals surface area contributed by atoms with Crippen molar-refractivity contribution in [3.63, 3.8) is 0 Å². The first kappa shape index (κ1) is 14.3.